The number of carbonyl (C=O) groups excluding carboxylic acids is 1. The van der Waals surface area contributed by atoms with E-state index in [0.29, 0.717) is 19.6 Å². The normalized spacial score (nSPS) is 11.4. The van der Waals surface area contributed by atoms with Crippen LogP contribution in [0.25, 0.3) is 0 Å². The van der Waals surface area contributed by atoms with Gasteiger partial charge in [-0.25, -0.2) is 0 Å². The second-order valence-electron chi connectivity index (χ2n) is 4.97. The lowest BCUT2D eigenvalue weighted by molar-refractivity contribution is -0.121. The number of nitrogens with one attached hydrogen (secondary N) is 2. The second kappa shape index (κ2) is 12.3. The highest BCUT2D eigenvalue weighted by Gasteiger charge is 2.11. The Morgan fingerprint density at radius 1 is 1.23 bits per heavy atom. The number of amides is 1. The molecule has 1 amide bonds. The van der Waals surface area contributed by atoms with Crippen molar-refractivity contribution in [1.29, 1.82) is 0 Å². The third-order valence-electron chi connectivity index (χ3n) is 3.26. The van der Waals surface area contributed by atoms with Crippen molar-refractivity contribution in [3.63, 3.8) is 0 Å². The number of carbonyl (C=O) groups is 1. The van der Waals surface area contributed by atoms with Crippen LogP contribution in [0.4, 0.5) is 0 Å². The van der Waals surface area contributed by atoms with Gasteiger partial charge in [0.25, 0.3) is 0 Å². The molecule has 0 saturated heterocycles. The lowest BCUT2D eigenvalue weighted by Crippen LogP contribution is -2.33. The highest BCUT2D eigenvalue weighted by Crippen LogP contribution is 2.22. The molecule has 6 heteroatoms. The van der Waals surface area contributed by atoms with Crippen molar-refractivity contribution in [3.05, 3.63) is 29.8 Å². The van der Waals surface area contributed by atoms with Crippen molar-refractivity contribution in [2.45, 2.75) is 19.3 Å². The van der Waals surface area contributed by atoms with E-state index in [1.54, 1.807) is 14.2 Å². The van der Waals surface area contributed by atoms with Gasteiger partial charge in [0, 0.05) is 33.2 Å². The summed E-state index contributed by atoms with van der Waals surface area (Å²) < 4.78 is 10.1. The molecule has 1 atom stereocenters. The van der Waals surface area contributed by atoms with Crippen LogP contribution in [-0.2, 0) is 9.53 Å². The molecule has 0 radical (unpaired) electrons. The van der Waals surface area contributed by atoms with Gasteiger partial charge in [0.05, 0.1) is 13.7 Å². The number of ether oxygens (including phenoxy) is 2. The maximum Gasteiger partial charge on any atom is 0.220 e. The molecule has 2 N–H and O–H groups in total. The third kappa shape index (κ3) is 8.22. The minimum atomic E-state index is 0. The molecule has 0 bridgehead atoms. The number of methoxy groups -OCH3 is 2. The van der Waals surface area contributed by atoms with E-state index in [-0.39, 0.29) is 24.2 Å². The standard InChI is InChI=1S/C16H26N2O3.ClH/c1-13(14-5-4-6-15(12-14)21-3)11-16(19)18-8-7-17-9-10-20-2;/h4-6,12-13,17H,7-11H2,1-3H3,(H,18,19);1H. The lowest BCUT2D eigenvalue weighted by Gasteiger charge is -2.13. The van der Waals surface area contributed by atoms with E-state index in [9.17, 15) is 4.79 Å². The summed E-state index contributed by atoms with van der Waals surface area (Å²) in [4.78, 5) is 11.9. The number of halogens is 1. The molecule has 0 aliphatic carbocycles. The van der Waals surface area contributed by atoms with Crippen LogP contribution in [-0.4, -0.2) is 46.4 Å². The van der Waals surface area contributed by atoms with Crippen LogP contribution in [0.2, 0.25) is 0 Å². The van der Waals surface area contributed by atoms with Crippen LogP contribution < -0.4 is 15.4 Å². The summed E-state index contributed by atoms with van der Waals surface area (Å²) in [5.74, 6) is 1.06. The Hall–Kier alpha value is -1.30. The first-order valence-electron chi connectivity index (χ1n) is 7.27. The van der Waals surface area contributed by atoms with Gasteiger partial charge >= 0.3 is 0 Å². The van der Waals surface area contributed by atoms with Crippen molar-refractivity contribution >= 4 is 18.3 Å². The van der Waals surface area contributed by atoms with E-state index in [4.69, 9.17) is 9.47 Å². The molecule has 0 aromatic heterocycles. The summed E-state index contributed by atoms with van der Waals surface area (Å²) in [6, 6.07) is 7.85. The molecule has 1 unspecified atom stereocenters. The second-order valence-corrected chi connectivity index (χ2v) is 4.97. The van der Waals surface area contributed by atoms with Crippen molar-refractivity contribution in [3.8, 4) is 5.75 Å². The molecule has 0 saturated carbocycles. The fraction of sp³-hybridized carbons (Fsp3) is 0.562. The van der Waals surface area contributed by atoms with E-state index in [1.165, 1.54) is 0 Å². The van der Waals surface area contributed by atoms with Gasteiger partial charge in [0.2, 0.25) is 5.91 Å². The van der Waals surface area contributed by atoms with Gasteiger partial charge in [-0.05, 0) is 23.6 Å². The van der Waals surface area contributed by atoms with Crippen LogP contribution in [0.1, 0.15) is 24.8 Å². The predicted octanol–water partition coefficient (Wildman–Crippen LogP) is 1.96. The first kappa shape index (κ1) is 20.7. The average Bonchev–Trinajstić information content (AvgIpc) is 2.50. The fourth-order valence-corrected chi connectivity index (χ4v) is 2.01. The molecule has 0 spiro atoms. The van der Waals surface area contributed by atoms with Crippen molar-refractivity contribution in [1.82, 2.24) is 10.6 Å². The largest absolute Gasteiger partial charge is 0.497 e. The third-order valence-corrected chi connectivity index (χ3v) is 3.26. The monoisotopic (exact) mass is 330 g/mol. The Balaban J connectivity index is 0.00000441. The summed E-state index contributed by atoms with van der Waals surface area (Å²) in [6.07, 6.45) is 0.477. The molecular weight excluding hydrogens is 304 g/mol. The van der Waals surface area contributed by atoms with Crippen LogP contribution >= 0.6 is 12.4 Å². The summed E-state index contributed by atoms with van der Waals surface area (Å²) in [7, 11) is 3.32. The first-order valence-corrected chi connectivity index (χ1v) is 7.27. The number of benzene rings is 1. The molecule has 0 aliphatic rings. The Morgan fingerprint density at radius 2 is 2.00 bits per heavy atom. The maximum absolute atomic E-state index is 11.9. The zero-order valence-corrected chi connectivity index (χ0v) is 14.4. The molecule has 22 heavy (non-hydrogen) atoms. The molecule has 1 rings (SSSR count). The van der Waals surface area contributed by atoms with Crippen LogP contribution in [0.3, 0.4) is 0 Å². The van der Waals surface area contributed by atoms with Crippen molar-refractivity contribution in [2.24, 2.45) is 0 Å². The van der Waals surface area contributed by atoms with Crippen molar-refractivity contribution < 1.29 is 14.3 Å². The van der Waals surface area contributed by atoms with Crippen LogP contribution in [0.5, 0.6) is 5.75 Å². The van der Waals surface area contributed by atoms with Crippen LogP contribution in [0, 0.1) is 0 Å². The zero-order valence-electron chi connectivity index (χ0n) is 13.6. The highest BCUT2D eigenvalue weighted by atomic mass is 35.5. The van der Waals surface area contributed by atoms with E-state index < -0.39 is 0 Å². The van der Waals surface area contributed by atoms with E-state index in [2.05, 4.69) is 10.6 Å². The van der Waals surface area contributed by atoms with Gasteiger partial charge in [-0.2, -0.15) is 0 Å². The van der Waals surface area contributed by atoms with E-state index in [0.717, 1.165) is 24.4 Å². The lowest BCUT2D eigenvalue weighted by atomic mass is 9.97. The molecule has 1 aromatic rings. The first-order chi connectivity index (χ1) is 10.2. The zero-order chi connectivity index (χ0) is 15.5. The van der Waals surface area contributed by atoms with E-state index >= 15 is 0 Å². The minimum absolute atomic E-state index is 0. The molecule has 5 nitrogen and oxygen atoms in total. The van der Waals surface area contributed by atoms with Gasteiger partial charge in [0.15, 0.2) is 0 Å². The highest BCUT2D eigenvalue weighted by molar-refractivity contribution is 5.85. The molecular formula is C16H27ClN2O3. The summed E-state index contributed by atoms with van der Waals surface area (Å²) in [5.41, 5.74) is 1.11. The molecule has 0 fully saturated rings. The van der Waals surface area contributed by atoms with Crippen molar-refractivity contribution in [2.75, 3.05) is 40.5 Å². The predicted molar refractivity (Wildman–Crippen MR) is 91.0 cm³/mol. The average molecular weight is 331 g/mol. The Kier molecular flexibility index (Phi) is 11.5. The Bertz CT molecular complexity index is 430. The molecule has 0 heterocycles. The summed E-state index contributed by atoms with van der Waals surface area (Å²) in [5, 5.41) is 6.10. The van der Waals surface area contributed by atoms with Gasteiger partial charge in [0.1, 0.15) is 5.75 Å². The Morgan fingerprint density at radius 3 is 2.68 bits per heavy atom. The maximum atomic E-state index is 11.9. The summed E-state index contributed by atoms with van der Waals surface area (Å²) >= 11 is 0. The van der Waals surface area contributed by atoms with Gasteiger partial charge < -0.3 is 20.1 Å². The summed E-state index contributed by atoms with van der Waals surface area (Å²) in [6.45, 7) is 4.91. The topological polar surface area (TPSA) is 59.6 Å². The SMILES string of the molecule is COCCNCCNC(=O)CC(C)c1cccc(OC)c1.Cl. The van der Waals surface area contributed by atoms with E-state index in [1.807, 2.05) is 31.2 Å². The minimum Gasteiger partial charge on any atom is -0.497 e. The molecule has 1 aromatic carbocycles. The number of hydrogen-bond donors (Lipinski definition) is 2. The molecule has 126 valence electrons. The van der Waals surface area contributed by atoms with Gasteiger partial charge in [-0.1, -0.05) is 19.1 Å². The molecule has 0 aliphatic heterocycles. The van der Waals surface area contributed by atoms with Gasteiger partial charge in [-0.15, -0.1) is 12.4 Å². The Labute approximate surface area is 139 Å². The quantitative estimate of drug-likeness (QED) is 0.644. The van der Waals surface area contributed by atoms with Crippen LogP contribution in [0.15, 0.2) is 24.3 Å². The number of rotatable bonds is 10. The number of hydrogen-bond acceptors (Lipinski definition) is 4. The van der Waals surface area contributed by atoms with Gasteiger partial charge in [-0.3, -0.25) is 4.79 Å². The smallest absolute Gasteiger partial charge is 0.220 e. The fourth-order valence-electron chi connectivity index (χ4n) is 2.01.